The average molecular weight is 718 g/mol. The summed E-state index contributed by atoms with van der Waals surface area (Å²) in [7, 11) is -3.24. The molecule has 1 aliphatic heterocycles. The summed E-state index contributed by atoms with van der Waals surface area (Å²) < 4.78 is 63.8. The number of rotatable bonds is 8. The van der Waals surface area contributed by atoms with Gasteiger partial charge in [0.05, 0.1) is 34.9 Å². The summed E-state index contributed by atoms with van der Waals surface area (Å²) in [6, 6.07) is 6.76. The third-order valence-electron chi connectivity index (χ3n) is 6.91. The number of urea groups is 1. The van der Waals surface area contributed by atoms with E-state index in [-0.39, 0.29) is 61.3 Å². The van der Waals surface area contributed by atoms with Crippen molar-refractivity contribution >= 4 is 39.4 Å². The quantitative estimate of drug-likeness (QED) is 0.225. The van der Waals surface area contributed by atoms with Gasteiger partial charge in [-0.05, 0) is 76.3 Å². The van der Waals surface area contributed by atoms with Crippen LogP contribution in [0, 0.1) is 11.6 Å². The molecule has 17 heteroatoms. The number of ether oxygens (including phenoxy) is 3. The lowest BCUT2D eigenvalue weighted by atomic mass is 10.1. The molecule has 3 aromatic rings. The molecule has 0 saturated carbocycles. The van der Waals surface area contributed by atoms with Crippen molar-refractivity contribution in [2.75, 3.05) is 31.3 Å². The summed E-state index contributed by atoms with van der Waals surface area (Å²) in [4.78, 5) is 45.2. The van der Waals surface area contributed by atoms with E-state index in [0.717, 1.165) is 6.20 Å². The van der Waals surface area contributed by atoms with Crippen LogP contribution >= 0.6 is 0 Å². The molecule has 4 amide bonds. The SMILES string of the molecule is CC(C)(C)OC(=O)N[C@@H](CCCNC(N)=O)C(=O)N=[S@@](C)(=O)Cc1cc2cc(c1)OCCCCOc1cc(F)ccc1-c1nc(ncc1F)N2. The van der Waals surface area contributed by atoms with Crippen LogP contribution in [0.2, 0.25) is 0 Å². The zero-order valence-corrected chi connectivity index (χ0v) is 29.0. The van der Waals surface area contributed by atoms with E-state index in [4.69, 9.17) is 19.9 Å². The number of halogens is 2. The van der Waals surface area contributed by atoms with Gasteiger partial charge in [0.25, 0.3) is 5.91 Å². The van der Waals surface area contributed by atoms with E-state index in [1.807, 2.05) is 0 Å². The fourth-order valence-electron chi connectivity index (χ4n) is 4.85. The second kappa shape index (κ2) is 16.6. The number of nitrogens with two attached hydrogens (primary N) is 1. The van der Waals surface area contributed by atoms with Gasteiger partial charge in [0, 0.05) is 36.2 Å². The number of primary amides is 1. The van der Waals surface area contributed by atoms with Gasteiger partial charge < -0.3 is 35.9 Å². The summed E-state index contributed by atoms with van der Waals surface area (Å²) in [5, 5.41) is 7.90. The number of benzene rings is 2. The minimum absolute atomic E-state index is 0.00799. The average Bonchev–Trinajstić information content (AvgIpc) is 3.00. The molecule has 2 aromatic carbocycles. The summed E-state index contributed by atoms with van der Waals surface area (Å²) in [5.74, 6) is -1.77. The van der Waals surface area contributed by atoms with Gasteiger partial charge in [0.2, 0.25) is 5.95 Å². The first-order chi connectivity index (χ1) is 23.6. The number of fused-ring (bicyclic) bond motifs is 6. The summed E-state index contributed by atoms with van der Waals surface area (Å²) in [6.45, 7) is 5.62. The molecule has 0 unspecified atom stereocenters. The molecule has 270 valence electrons. The monoisotopic (exact) mass is 717 g/mol. The van der Waals surface area contributed by atoms with E-state index < -0.39 is 51.0 Å². The van der Waals surface area contributed by atoms with E-state index in [2.05, 4.69) is 30.3 Å². The number of nitrogens with one attached hydrogen (secondary N) is 3. The van der Waals surface area contributed by atoms with Crippen LogP contribution in [0.5, 0.6) is 11.5 Å². The van der Waals surface area contributed by atoms with Crippen LogP contribution in [-0.4, -0.2) is 69.9 Å². The van der Waals surface area contributed by atoms with Crippen molar-refractivity contribution in [2.24, 2.45) is 10.1 Å². The first-order valence-electron chi connectivity index (χ1n) is 15.8. The second-order valence-electron chi connectivity index (χ2n) is 12.6. The van der Waals surface area contributed by atoms with Crippen molar-refractivity contribution in [3.05, 3.63) is 59.8 Å². The molecule has 4 bridgehead atoms. The van der Waals surface area contributed by atoms with Crippen LogP contribution in [0.4, 0.5) is 30.0 Å². The Bertz CT molecular complexity index is 1850. The van der Waals surface area contributed by atoms with Crippen LogP contribution in [0.15, 0.2) is 47.0 Å². The van der Waals surface area contributed by atoms with Crippen molar-refractivity contribution in [3.8, 4) is 22.8 Å². The normalized spacial score (nSPS) is 14.8. The van der Waals surface area contributed by atoms with Crippen molar-refractivity contribution < 1.29 is 41.6 Å². The van der Waals surface area contributed by atoms with Crippen LogP contribution in [0.3, 0.4) is 0 Å². The minimum atomic E-state index is -3.24. The number of nitrogens with zero attached hydrogens (tertiary/aromatic N) is 3. The van der Waals surface area contributed by atoms with Gasteiger partial charge >= 0.3 is 12.1 Å². The predicted molar refractivity (Wildman–Crippen MR) is 183 cm³/mol. The van der Waals surface area contributed by atoms with Crippen LogP contribution in [0.1, 0.15) is 52.0 Å². The zero-order chi connectivity index (χ0) is 36.5. The van der Waals surface area contributed by atoms with Gasteiger partial charge in [0.1, 0.15) is 34.7 Å². The number of aromatic nitrogens is 2. The Morgan fingerprint density at radius 2 is 1.86 bits per heavy atom. The predicted octanol–water partition coefficient (Wildman–Crippen LogP) is 5.18. The van der Waals surface area contributed by atoms with Crippen LogP contribution in [0.25, 0.3) is 11.3 Å². The molecule has 0 aliphatic carbocycles. The standard InChI is InChI=1S/C33H41F2N7O7S/c1-33(2,3)49-32(45)40-26(8-7-11-37-30(36)44)29(43)42-50(4,46)19-20-14-22-17-23(15-20)47-12-5-6-13-48-27-16-21(34)9-10-24(27)28-25(35)18-38-31(39-22)41-28/h9-10,14-18,26H,5-8,11-13,19H2,1-4H3,(H,40,45)(H3,36,37,44)(H,38,39,41)/t26-,50-/m0/s1. The number of carbonyl (C=O) groups is 3. The maximum absolute atomic E-state index is 15.0. The van der Waals surface area contributed by atoms with Crippen molar-refractivity contribution in [3.63, 3.8) is 0 Å². The van der Waals surface area contributed by atoms with Gasteiger partial charge in [-0.25, -0.2) is 32.5 Å². The summed E-state index contributed by atoms with van der Waals surface area (Å²) >= 11 is 0. The Balaban J connectivity index is 1.62. The number of hydrogen-bond donors (Lipinski definition) is 4. The zero-order valence-electron chi connectivity index (χ0n) is 28.2. The van der Waals surface area contributed by atoms with E-state index in [1.165, 1.54) is 24.5 Å². The molecule has 4 rings (SSSR count). The minimum Gasteiger partial charge on any atom is -0.494 e. The van der Waals surface area contributed by atoms with E-state index in [9.17, 15) is 27.4 Å². The topological polar surface area (TPSA) is 196 Å². The Kier molecular flexibility index (Phi) is 12.5. The van der Waals surface area contributed by atoms with E-state index in [1.54, 1.807) is 39.0 Å². The fourth-order valence-corrected chi connectivity index (χ4v) is 6.21. The highest BCUT2D eigenvalue weighted by molar-refractivity contribution is 7.92. The molecule has 50 heavy (non-hydrogen) atoms. The van der Waals surface area contributed by atoms with Gasteiger partial charge in [-0.3, -0.25) is 4.79 Å². The fraction of sp³-hybridized carbons (Fsp3) is 0.424. The van der Waals surface area contributed by atoms with Gasteiger partial charge in [-0.1, -0.05) is 0 Å². The lowest BCUT2D eigenvalue weighted by Gasteiger charge is -2.22. The molecule has 1 aliphatic rings. The molecule has 0 spiro atoms. The summed E-state index contributed by atoms with van der Waals surface area (Å²) in [5.41, 5.74) is 5.30. The Morgan fingerprint density at radius 1 is 1.12 bits per heavy atom. The van der Waals surface area contributed by atoms with Gasteiger partial charge in [0.15, 0.2) is 5.82 Å². The molecule has 5 N–H and O–H groups in total. The Morgan fingerprint density at radius 3 is 2.58 bits per heavy atom. The number of alkyl carbamates (subject to hydrolysis) is 1. The molecule has 2 heterocycles. The molecule has 1 aromatic heterocycles. The summed E-state index contributed by atoms with van der Waals surface area (Å²) in [6.07, 6.45) is 2.85. The number of amides is 4. The molecular weight excluding hydrogens is 676 g/mol. The molecule has 2 atom stereocenters. The smallest absolute Gasteiger partial charge is 0.408 e. The van der Waals surface area contributed by atoms with E-state index >= 15 is 0 Å². The van der Waals surface area contributed by atoms with Crippen molar-refractivity contribution in [1.29, 1.82) is 0 Å². The molecule has 0 fully saturated rings. The highest BCUT2D eigenvalue weighted by Gasteiger charge is 2.25. The maximum atomic E-state index is 15.0. The highest BCUT2D eigenvalue weighted by Crippen LogP contribution is 2.33. The first-order valence-corrected chi connectivity index (χ1v) is 17.9. The molecule has 0 saturated heterocycles. The Labute approximate surface area is 289 Å². The number of carbonyl (C=O) groups excluding carboxylic acids is 3. The van der Waals surface area contributed by atoms with Crippen molar-refractivity contribution in [2.45, 2.75) is 63.9 Å². The number of hydrogen-bond acceptors (Lipinski definition) is 10. The molecular formula is C33H41F2N7O7S. The largest absolute Gasteiger partial charge is 0.494 e. The van der Waals surface area contributed by atoms with Crippen molar-refractivity contribution in [1.82, 2.24) is 20.6 Å². The number of anilines is 2. The highest BCUT2D eigenvalue weighted by atomic mass is 32.2. The van der Waals surface area contributed by atoms with Crippen LogP contribution in [-0.2, 0) is 25.0 Å². The molecule has 0 radical (unpaired) electrons. The van der Waals surface area contributed by atoms with Gasteiger partial charge in [-0.2, -0.15) is 4.36 Å². The lowest BCUT2D eigenvalue weighted by Crippen LogP contribution is -2.43. The first kappa shape index (κ1) is 37.8. The lowest BCUT2D eigenvalue weighted by molar-refractivity contribution is -0.119. The molecule has 14 nitrogen and oxygen atoms in total. The van der Waals surface area contributed by atoms with Gasteiger partial charge in [-0.15, -0.1) is 0 Å². The maximum Gasteiger partial charge on any atom is 0.408 e. The second-order valence-corrected chi connectivity index (χ2v) is 15.0. The van der Waals surface area contributed by atoms with E-state index in [0.29, 0.717) is 29.8 Å². The third kappa shape index (κ3) is 11.8. The third-order valence-corrected chi connectivity index (χ3v) is 8.34. The Hall–Kier alpha value is -5.06. The van der Waals surface area contributed by atoms with Crippen LogP contribution < -0.4 is 31.2 Å².